The van der Waals surface area contributed by atoms with Gasteiger partial charge >= 0.3 is 11.9 Å². The summed E-state index contributed by atoms with van der Waals surface area (Å²) in [6, 6.07) is 11.5. The van der Waals surface area contributed by atoms with Gasteiger partial charge in [0, 0.05) is 5.92 Å². The van der Waals surface area contributed by atoms with Gasteiger partial charge in [-0.3, -0.25) is 0 Å². The van der Waals surface area contributed by atoms with Crippen LogP contribution in [0.2, 0.25) is 0 Å². The van der Waals surface area contributed by atoms with Gasteiger partial charge in [-0.1, -0.05) is 38.1 Å². The van der Waals surface area contributed by atoms with Crippen LogP contribution < -0.4 is 0 Å². The third-order valence-corrected chi connectivity index (χ3v) is 8.75. The van der Waals surface area contributed by atoms with Crippen molar-refractivity contribution in [2.24, 2.45) is 0 Å². The van der Waals surface area contributed by atoms with Crippen molar-refractivity contribution < 1.29 is 49.7 Å². The Kier molecular flexibility index (Phi) is 8.16. The minimum atomic E-state index is -2.48. The Bertz CT molecular complexity index is 1230. The van der Waals surface area contributed by atoms with E-state index in [0.29, 0.717) is 18.4 Å². The molecule has 40 heavy (non-hydrogen) atoms. The fourth-order valence-electron chi connectivity index (χ4n) is 6.12. The van der Waals surface area contributed by atoms with Crippen LogP contribution in [0.3, 0.4) is 0 Å². The summed E-state index contributed by atoms with van der Waals surface area (Å²) < 4.78 is 10.6. The van der Waals surface area contributed by atoms with Crippen LogP contribution in [0.25, 0.3) is 0 Å². The Balaban J connectivity index is 1.65. The first-order valence-electron chi connectivity index (χ1n) is 13.6. The van der Waals surface area contributed by atoms with Crippen molar-refractivity contribution >= 4 is 11.9 Å². The van der Waals surface area contributed by atoms with Gasteiger partial charge in [-0.25, -0.2) is 9.59 Å². The second kappa shape index (κ2) is 10.8. The number of rotatable bonds is 10. The van der Waals surface area contributed by atoms with E-state index >= 15 is 0 Å². The van der Waals surface area contributed by atoms with E-state index in [4.69, 9.17) is 9.47 Å². The molecule has 0 radical (unpaired) electrons. The molecule has 2 aromatic rings. The van der Waals surface area contributed by atoms with Gasteiger partial charge in [0.25, 0.3) is 0 Å². The summed E-state index contributed by atoms with van der Waals surface area (Å²) in [6.07, 6.45) is -2.77. The number of carbonyl (C=O) groups is 2. The van der Waals surface area contributed by atoms with Crippen LogP contribution >= 0.6 is 0 Å². The molecule has 4 rings (SSSR count). The minimum absolute atomic E-state index is 0.218. The van der Waals surface area contributed by atoms with Crippen molar-refractivity contribution in [2.75, 3.05) is 6.61 Å². The molecule has 2 aromatic carbocycles. The first-order valence-corrected chi connectivity index (χ1v) is 13.6. The van der Waals surface area contributed by atoms with Crippen molar-refractivity contribution in [2.45, 2.75) is 93.6 Å². The number of aliphatic hydroxyl groups excluding tert-OH is 3. The number of benzene rings is 2. The largest absolute Gasteiger partial charge is 0.459 e. The van der Waals surface area contributed by atoms with E-state index in [1.54, 1.807) is 13.8 Å². The molecule has 0 aromatic heterocycles. The summed E-state index contributed by atoms with van der Waals surface area (Å²) in [5, 5.41) is 66.8. The van der Waals surface area contributed by atoms with Crippen LogP contribution in [0, 0.1) is 0 Å². The molecule has 2 saturated carbocycles. The predicted molar refractivity (Wildman–Crippen MR) is 143 cm³/mol. The minimum Gasteiger partial charge on any atom is -0.459 e. The Morgan fingerprint density at radius 2 is 1.25 bits per heavy atom. The molecule has 0 heterocycles. The molecule has 5 unspecified atom stereocenters. The highest BCUT2D eigenvalue weighted by molar-refractivity contribution is 5.90. The maximum atomic E-state index is 12.4. The third kappa shape index (κ3) is 4.17. The van der Waals surface area contributed by atoms with Crippen molar-refractivity contribution in [3.8, 4) is 0 Å². The zero-order valence-corrected chi connectivity index (χ0v) is 23.0. The van der Waals surface area contributed by atoms with E-state index in [-0.39, 0.29) is 28.9 Å². The van der Waals surface area contributed by atoms with E-state index in [1.165, 1.54) is 48.5 Å². The fourth-order valence-corrected chi connectivity index (χ4v) is 6.12. The summed E-state index contributed by atoms with van der Waals surface area (Å²) >= 11 is 0. The molecule has 10 nitrogen and oxygen atoms in total. The SMILES string of the molecule is CCC(C)OC(=O)c1ccc(C2C(O)[C@@]3(O)C(c4ccc(C(=O)OC(C)CC)cc4)[C@@](O)([C@H](O)CO)[C@@]23O)cc1. The van der Waals surface area contributed by atoms with E-state index in [1.807, 2.05) is 13.8 Å². The Morgan fingerprint density at radius 3 is 1.65 bits per heavy atom. The molecule has 2 aliphatic rings. The van der Waals surface area contributed by atoms with Crippen LogP contribution in [-0.2, 0) is 9.47 Å². The second-order valence-electron chi connectivity index (χ2n) is 11.0. The molecule has 0 bridgehead atoms. The number of ether oxygens (including phenoxy) is 2. The van der Waals surface area contributed by atoms with Gasteiger partial charge in [-0.05, 0) is 62.1 Å². The highest BCUT2D eigenvalue weighted by Gasteiger charge is 2.93. The second-order valence-corrected chi connectivity index (χ2v) is 11.0. The highest BCUT2D eigenvalue weighted by atomic mass is 16.5. The lowest BCUT2D eigenvalue weighted by atomic mass is 9.30. The van der Waals surface area contributed by atoms with Crippen LogP contribution in [0.4, 0.5) is 0 Å². The van der Waals surface area contributed by atoms with E-state index in [0.717, 1.165) is 0 Å². The lowest BCUT2D eigenvalue weighted by Crippen LogP contribution is -2.99. The Labute approximate surface area is 232 Å². The molecule has 2 aliphatic carbocycles. The molecule has 0 saturated heterocycles. The summed E-state index contributed by atoms with van der Waals surface area (Å²) in [5.74, 6) is -3.78. The zero-order chi connectivity index (χ0) is 29.6. The molecule has 9 atom stereocenters. The Hall–Kier alpha value is -2.86. The van der Waals surface area contributed by atoms with Gasteiger partial charge < -0.3 is 40.1 Å². The highest BCUT2D eigenvalue weighted by Crippen LogP contribution is 2.75. The van der Waals surface area contributed by atoms with Crippen molar-refractivity contribution in [3.05, 3.63) is 70.8 Å². The van der Waals surface area contributed by atoms with Gasteiger partial charge in [0.05, 0.1) is 42.0 Å². The number of hydrogen-bond donors (Lipinski definition) is 6. The first-order chi connectivity index (χ1) is 18.8. The lowest BCUT2D eigenvalue weighted by Gasteiger charge is -2.80. The van der Waals surface area contributed by atoms with Gasteiger partial charge in [0.1, 0.15) is 22.9 Å². The average Bonchev–Trinajstić information content (AvgIpc) is 2.96. The Morgan fingerprint density at radius 1 is 0.825 bits per heavy atom. The van der Waals surface area contributed by atoms with Crippen molar-refractivity contribution in [1.82, 2.24) is 0 Å². The molecule has 2 fully saturated rings. The van der Waals surface area contributed by atoms with Gasteiger partial charge in [-0.2, -0.15) is 0 Å². The number of esters is 2. The summed E-state index contributed by atoms with van der Waals surface area (Å²) in [4.78, 5) is 24.7. The maximum absolute atomic E-state index is 12.4. The molecule has 0 amide bonds. The number of aliphatic hydroxyl groups is 6. The van der Waals surface area contributed by atoms with Crippen LogP contribution in [0.1, 0.15) is 84.2 Å². The average molecular weight is 559 g/mol. The van der Waals surface area contributed by atoms with Gasteiger partial charge in [0.2, 0.25) is 0 Å². The van der Waals surface area contributed by atoms with Gasteiger partial charge in [-0.15, -0.1) is 0 Å². The smallest absolute Gasteiger partial charge is 0.338 e. The van der Waals surface area contributed by atoms with E-state index < -0.39 is 59.4 Å². The standard InChI is InChI=1S/C30H38O10/c1-5-16(3)39-26(34)20-11-7-18(8-12-20)23-25(33)29(37)24(28(36,22(32)15-31)30(23,29)38)19-9-13-21(14-10-19)27(35)40-17(4)6-2/h7-14,16-17,22-25,31-33,36-38H,5-6,15H2,1-4H3/t16?,17?,22-,23?,24?,25?,28+,29+,30+/m1/s1. The molecule has 6 N–H and O–H groups in total. The topological polar surface area (TPSA) is 174 Å². The molecule has 10 heteroatoms. The fraction of sp³-hybridized carbons (Fsp3) is 0.533. The lowest BCUT2D eigenvalue weighted by molar-refractivity contribution is -0.459. The van der Waals surface area contributed by atoms with E-state index in [9.17, 15) is 40.2 Å². The first kappa shape index (κ1) is 30.1. The van der Waals surface area contributed by atoms with Gasteiger partial charge in [0.15, 0.2) is 0 Å². The van der Waals surface area contributed by atoms with E-state index in [2.05, 4.69) is 0 Å². The summed E-state index contributed by atoms with van der Waals surface area (Å²) in [6.45, 7) is 6.34. The molecular weight excluding hydrogens is 520 g/mol. The number of carbonyl (C=O) groups excluding carboxylic acids is 2. The maximum Gasteiger partial charge on any atom is 0.338 e. The number of hydrogen-bond acceptors (Lipinski definition) is 10. The van der Waals surface area contributed by atoms with Crippen LogP contribution in [-0.4, -0.2) is 90.4 Å². The zero-order valence-electron chi connectivity index (χ0n) is 23.0. The molecule has 218 valence electrons. The van der Waals surface area contributed by atoms with Crippen LogP contribution in [0.15, 0.2) is 48.5 Å². The van der Waals surface area contributed by atoms with Crippen molar-refractivity contribution in [3.63, 3.8) is 0 Å². The number of fused-ring (bicyclic) bond motifs is 1. The quantitative estimate of drug-likeness (QED) is 0.234. The summed E-state index contributed by atoms with van der Waals surface area (Å²) in [5.41, 5.74) is -6.25. The third-order valence-electron chi connectivity index (χ3n) is 8.75. The van der Waals surface area contributed by atoms with Crippen LogP contribution in [0.5, 0.6) is 0 Å². The summed E-state index contributed by atoms with van der Waals surface area (Å²) in [7, 11) is 0. The normalized spacial score (nSPS) is 33.0. The molecular formula is C30H38O10. The monoisotopic (exact) mass is 558 g/mol. The van der Waals surface area contributed by atoms with Crippen molar-refractivity contribution in [1.29, 1.82) is 0 Å². The predicted octanol–water partition coefficient (Wildman–Crippen LogP) is 1.40. The molecule has 0 spiro atoms. The molecule has 0 aliphatic heterocycles.